The van der Waals surface area contributed by atoms with E-state index in [9.17, 15) is 0 Å². The van der Waals surface area contributed by atoms with Crippen molar-refractivity contribution >= 4 is 35.0 Å². The molecule has 1 aliphatic rings. The van der Waals surface area contributed by atoms with E-state index in [4.69, 9.17) is 23.2 Å². The second-order valence-electron chi connectivity index (χ2n) is 4.90. The predicted octanol–water partition coefficient (Wildman–Crippen LogP) is 4.93. The molecule has 1 aliphatic carbocycles. The zero-order chi connectivity index (χ0) is 13.2. The van der Waals surface area contributed by atoms with E-state index in [2.05, 4.69) is 24.6 Å². The normalized spacial score (nSPS) is 18.7. The molecule has 1 nitrogen and oxygen atoms in total. The van der Waals surface area contributed by atoms with E-state index in [1.165, 1.54) is 18.4 Å². The van der Waals surface area contributed by atoms with Gasteiger partial charge in [-0.2, -0.15) is 11.8 Å². The van der Waals surface area contributed by atoms with E-state index in [-0.39, 0.29) is 0 Å². The van der Waals surface area contributed by atoms with Crippen molar-refractivity contribution < 1.29 is 0 Å². The molecule has 2 rings (SSSR count). The third-order valence-corrected chi connectivity index (χ3v) is 5.82. The van der Waals surface area contributed by atoms with Gasteiger partial charge in [-0.3, -0.25) is 0 Å². The lowest BCUT2D eigenvalue weighted by atomic mass is 10.0. The molecule has 0 aromatic heterocycles. The smallest absolute Gasteiger partial charge is 0.0595 e. The lowest BCUT2D eigenvalue weighted by Gasteiger charge is -2.21. The Kier molecular flexibility index (Phi) is 4.87. The minimum atomic E-state index is 0.365. The Labute approximate surface area is 124 Å². The Morgan fingerprint density at radius 2 is 2.06 bits per heavy atom. The summed E-state index contributed by atoms with van der Waals surface area (Å²) in [5.74, 6) is 0. The van der Waals surface area contributed by atoms with Crippen LogP contribution >= 0.6 is 35.0 Å². The average Bonchev–Trinajstić information content (AvgIpc) is 3.15. The third-order valence-electron chi connectivity index (χ3n) is 3.67. The van der Waals surface area contributed by atoms with E-state index in [1.54, 1.807) is 0 Å². The number of hydrogen-bond donors (Lipinski definition) is 1. The highest BCUT2D eigenvalue weighted by atomic mass is 35.5. The van der Waals surface area contributed by atoms with Crippen LogP contribution in [0.3, 0.4) is 0 Å². The van der Waals surface area contributed by atoms with Crippen LogP contribution in [0.25, 0.3) is 0 Å². The Balaban J connectivity index is 2.01. The number of nitrogens with one attached hydrogen (secondary N) is 1. The fourth-order valence-electron chi connectivity index (χ4n) is 2.13. The molecule has 1 saturated carbocycles. The van der Waals surface area contributed by atoms with E-state index >= 15 is 0 Å². The van der Waals surface area contributed by atoms with Gasteiger partial charge in [0.2, 0.25) is 0 Å². The highest BCUT2D eigenvalue weighted by Crippen LogP contribution is 2.46. The quantitative estimate of drug-likeness (QED) is 0.799. The molecule has 0 radical (unpaired) electrons. The molecule has 0 saturated heterocycles. The second-order valence-corrected chi connectivity index (χ2v) is 6.99. The van der Waals surface area contributed by atoms with Crippen molar-refractivity contribution in [3.8, 4) is 0 Å². The molecule has 0 heterocycles. The number of thioether (sulfide) groups is 1. The van der Waals surface area contributed by atoms with Crippen molar-refractivity contribution in [3.63, 3.8) is 0 Å². The lowest BCUT2D eigenvalue weighted by Crippen LogP contribution is -2.29. The van der Waals surface area contributed by atoms with Gasteiger partial charge in [0.05, 0.1) is 10.0 Å². The number of benzene rings is 1. The van der Waals surface area contributed by atoms with E-state index in [0.717, 1.165) is 13.0 Å². The first kappa shape index (κ1) is 14.5. The number of halogens is 2. The van der Waals surface area contributed by atoms with Crippen molar-refractivity contribution in [2.75, 3.05) is 12.8 Å². The molecular formula is C14H19Cl2NS. The maximum Gasteiger partial charge on any atom is 0.0595 e. The van der Waals surface area contributed by atoms with Crippen molar-refractivity contribution in [1.82, 2.24) is 5.32 Å². The molecule has 1 aromatic rings. The highest BCUT2D eigenvalue weighted by molar-refractivity contribution is 8.00. The topological polar surface area (TPSA) is 12.0 Å². The largest absolute Gasteiger partial charge is 0.309 e. The van der Waals surface area contributed by atoms with Gasteiger partial charge in [-0.1, -0.05) is 36.2 Å². The van der Waals surface area contributed by atoms with Gasteiger partial charge in [0.25, 0.3) is 0 Å². The summed E-state index contributed by atoms with van der Waals surface area (Å²) < 4.78 is 0.490. The van der Waals surface area contributed by atoms with Gasteiger partial charge in [-0.05, 0) is 43.2 Å². The van der Waals surface area contributed by atoms with Crippen LogP contribution in [0.15, 0.2) is 18.2 Å². The Hall–Kier alpha value is 0.110. The van der Waals surface area contributed by atoms with Crippen molar-refractivity contribution in [3.05, 3.63) is 33.8 Å². The lowest BCUT2D eigenvalue weighted by molar-refractivity contribution is 0.513. The first-order chi connectivity index (χ1) is 8.60. The Bertz CT molecular complexity index is 418. The van der Waals surface area contributed by atoms with Gasteiger partial charge in [0.15, 0.2) is 0 Å². The molecule has 1 N–H and O–H groups in total. The van der Waals surface area contributed by atoms with Crippen molar-refractivity contribution in [1.29, 1.82) is 0 Å². The molecule has 18 heavy (non-hydrogen) atoms. The van der Waals surface area contributed by atoms with Crippen LogP contribution in [0, 0.1) is 0 Å². The standard InChI is InChI=1S/C14H19Cl2NS/c1-3-13(17-9-14(18-2)6-7-14)10-4-5-11(15)12(16)8-10/h4-5,8,13,17H,3,6-7,9H2,1-2H3. The molecule has 0 aliphatic heterocycles. The maximum atomic E-state index is 6.08. The van der Waals surface area contributed by atoms with Crippen LogP contribution in [0.2, 0.25) is 10.0 Å². The molecule has 1 unspecified atom stereocenters. The summed E-state index contributed by atoms with van der Waals surface area (Å²) in [5, 5.41) is 4.93. The van der Waals surface area contributed by atoms with Crippen LogP contribution in [-0.2, 0) is 0 Å². The first-order valence-corrected chi connectivity index (χ1v) is 8.32. The number of hydrogen-bond acceptors (Lipinski definition) is 2. The molecule has 1 atom stereocenters. The van der Waals surface area contributed by atoms with E-state index in [1.807, 2.05) is 23.9 Å². The highest BCUT2D eigenvalue weighted by Gasteiger charge is 2.41. The summed E-state index contributed by atoms with van der Waals surface area (Å²) in [6.45, 7) is 3.27. The third kappa shape index (κ3) is 3.36. The molecule has 4 heteroatoms. The zero-order valence-corrected chi connectivity index (χ0v) is 13.1. The molecule has 1 aromatic carbocycles. The monoisotopic (exact) mass is 303 g/mol. The van der Waals surface area contributed by atoms with Gasteiger partial charge in [0, 0.05) is 17.3 Å². The van der Waals surface area contributed by atoms with Gasteiger partial charge < -0.3 is 5.32 Å². The summed E-state index contributed by atoms with van der Waals surface area (Å²) in [7, 11) is 0. The van der Waals surface area contributed by atoms with Crippen LogP contribution < -0.4 is 5.32 Å². The van der Waals surface area contributed by atoms with E-state index in [0.29, 0.717) is 20.8 Å². The average molecular weight is 304 g/mol. The molecule has 0 bridgehead atoms. The molecule has 100 valence electrons. The fraction of sp³-hybridized carbons (Fsp3) is 0.571. The van der Waals surface area contributed by atoms with Gasteiger partial charge in [0.1, 0.15) is 0 Å². The summed E-state index contributed by atoms with van der Waals surface area (Å²) in [5.41, 5.74) is 1.23. The minimum absolute atomic E-state index is 0.365. The van der Waals surface area contributed by atoms with Gasteiger partial charge in [-0.25, -0.2) is 0 Å². The summed E-state index contributed by atoms with van der Waals surface area (Å²) >= 11 is 14.0. The minimum Gasteiger partial charge on any atom is -0.309 e. The number of rotatable bonds is 6. The summed E-state index contributed by atoms with van der Waals surface area (Å²) in [4.78, 5) is 0. The molecule has 1 fully saturated rings. The Morgan fingerprint density at radius 1 is 1.33 bits per heavy atom. The Morgan fingerprint density at radius 3 is 2.56 bits per heavy atom. The van der Waals surface area contributed by atoms with Gasteiger partial charge in [-0.15, -0.1) is 0 Å². The first-order valence-electron chi connectivity index (χ1n) is 6.34. The fourth-order valence-corrected chi connectivity index (χ4v) is 3.17. The van der Waals surface area contributed by atoms with E-state index < -0.39 is 0 Å². The van der Waals surface area contributed by atoms with Gasteiger partial charge >= 0.3 is 0 Å². The van der Waals surface area contributed by atoms with Crippen molar-refractivity contribution in [2.45, 2.75) is 37.0 Å². The predicted molar refractivity (Wildman–Crippen MR) is 83.0 cm³/mol. The molecule has 0 amide bonds. The maximum absolute atomic E-state index is 6.08. The van der Waals surface area contributed by atoms with Crippen LogP contribution in [0.1, 0.15) is 37.8 Å². The van der Waals surface area contributed by atoms with Crippen molar-refractivity contribution in [2.24, 2.45) is 0 Å². The molecular weight excluding hydrogens is 285 g/mol. The van der Waals surface area contributed by atoms with Crippen LogP contribution in [-0.4, -0.2) is 17.5 Å². The SMILES string of the molecule is CCC(NCC1(SC)CC1)c1ccc(Cl)c(Cl)c1. The molecule has 0 spiro atoms. The van der Waals surface area contributed by atoms with Crippen LogP contribution in [0.5, 0.6) is 0 Å². The zero-order valence-electron chi connectivity index (χ0n) is 10.8. The van der Waals surface area contributed by atoms with Crippen LogP contribution in [0.4, 0.5) is 0 Å². The summed E-state index contributed by atoms with van der Waals surface area (Å²) in [6.07, 6.45) is 5.93. The second kappa shape index (κ2) is 6.04. The summed E-state index contributed by atoms with van der Waals surface area (Å²) in [6, 6.07) is 6.28.